The molecule has 0 radical (unpaired) electrons. The molecule has 0 fully saturated rings. The zero-order chi connectivity index (χ0) is 15.4. The van der Waals surface area contributed by atoms with Crippen molar-refractivity contribution in [2.75, 3.05) is 14.2 Å². The molecule has 7 nitrogen and oxygen atoms in total. The molecule has 0 bridgehead atoms. The summed E-state index contributed by atoms with van der Waals surface area (Å²) in [5.41, 5.74) is 1.85. The maximum atomic E-state index is 10.9. The summed E-state index contributed by atoms with van der Waals surface area (Å²) < 4.78 is 6.85. The van der Waals surface area contributed by atoms with E-state index in [4.69, 9.17) is 4.74 Å². The normalized spacial score (nSPS) is 12.1. The van der Waals surface area contributed by atoms with Crippen molar-refractivity contribution >= 4 is 5.69 Å². The summed E-state index contributed by atoms with van der Waals surface area (Å²) in [5, 5.41) is 18.3. The maximum absolute atomic E-state index is 10.9. The summed E-state index contributed by atoms with van der Waals surface area (Å²) in [7, 11) is 3.37. The minimum Gasteiger partial charge on any atom is -0.496 e. The van der Waals surface area contributed by atoms with Crippen LogP contribution in [0, 0.1) is 10.1 Å². The zero-order valence-electron chi connectivity index (χ0n) is 12.2. The molecule has 1 atom stereocenters. The Morgan fingerprint density at radius 3 is 2.86 bits per heavy atom. The van der Waals surface area contributed by atoms with E-state index in [0.717, 1.165) is 11.1 Å². The molecule has 1 heterocycles. The van der Waals surface area contributed by atoms with E-state index in [-0.39, 0.29) is 11.7 Å². The highest BCUT2D eigenvalue weighted by Crippen LogP contribution is 2.23. The van der Waals surface area contributed by atoms with Crippen LogP contribution in [0.15, 0.2) is 30.6 Å². The van der Waals surface area contributed by atoms with E-state index in [9.17, 15) is 10.1 Å². The summed E-state index contributed by atoms with van der Waals surface area (Å²) in [5.74, 6) is 0.468. The van der Waals surface area contributed by atoms with Crippen LogP contribution < -0.4 is 10.1 Å². The van der Waals surface area contributed by atoms with Gasteiger partial charge >= 0.3 is 0 Å². The highest BCUT2D eigenvalue weighted by atomic mass is 16.6. The quantitative estimate of drug-likeness (QED) is 0.651. The molecule has 7 heteroatoms. The van der Waals surface area contributed by atoms with Crippen LogP contribution >= 0.6 is 0 Å². The fourth-order valence-electron chi connectivity index (χ4n) is 2.00. The molecule has 1 aromatic carbocycles. The smallest absolute Gasteiger partial charge is 0.273 e. The molecule has 21 heavy (non-hydrogen) atoms. The van der Waals surface area contributed by atoms with Crippen LogP contribution in [0.4, 0.5) is 5.69 Å². The Bertz CT molecular complexity index is 639. The fraction of sp³-hybridized carbons (Fsp3) is 0.357. The molecule has 0 aliphatic heterocycles. The molecule has 1 aromatic heterocycles. The molecule has 0 spiro atoms. The number of hydrogen-bond donors (Lipinski definition) is 1. The number of hydrogen-bond acceptors (Lipinski definition) is 5. The van der Waals surface area contributed by atoms with Crippen LogP contribution in [-0.4, -0.2) is 28.9 Å². The predicted octanol–water partition coefficient (Wildman–Crippen LogP) is 2.13. The molecule has 2 rings (SSSR count). The summed E-state index contributed by atoms with van der Waals surface area (Å²) in [6, 6.07) is 4.92. The van der Waals surface area contributed by atoms with Gasteiger partial charge in [0.1, 0.15) is 5.75 Å². The molecule has 1 unspecified atom stereocenters. The Morgan fingerprint density at radius 1 is 1.48 bits per heavy atom. The number of nitrogens with zero attached hydrogens (tertiary/aromatic N) is 3. The average Bonchev–Trinajstić information content (AvgIpc) is 2.94. The van der Waals surface area contributed by atoms with Crippen LogP contribution in [0.5, 0.6) is 5.75 Å². The molecule has 0 aliphatic rings. The van der Waals surface area contributed by atoms with E-state index >= 15 is 0 Å². The number of methoxy groups -OCH3 is 1. The van der Waals surface area contributed by atoms with Crippen molar-refractivity contribution in [3.63, 3.8) is 0 Å². The second kappa shape index (κ2) is 6.36. The highest BCUT2D eigenvalue weighted by molar-refractivity contribution is 5.42. The first-order valence-corrected chi connectivity index (χ1v) is 6.55. The van der Waals surface area contributed by atoms with E-state index in [2.05, 4.69) is 10.4 Å². The van der Waals surface area contributed by atoms with E-state index in [0.29, 0.717) is 12.3 Å². The van der Waals surface area contributed by atoms with Gasteiger partial charge in [0.25, 0.3) is 5.69 Å². The Morgan fingerprint density at radius 2 is 2.24 bits per heavy atom. The lowest BCUT2D eigenvalue weighted by Crippen LogP contribution is -2.11. The summed E-state index contributed by atoms with van der Waals surface area (Å²) in [6.07, 6.45) is 3.71. The molecule has 0 saturated carbocycles. The van der Waals surface area contributed by atoms with Gasteiger partial charge in [0.05, 0.1) is 30.8 Å². The number of non-ortho nitro benzene ring substituents is 1. The SMILES string of the molecule is CNC(C)c1cnn(Cc2cc(OC)cc([N+](=O)[O-])c2)c1. The Kier molecular flexibility index (Phi) is 4.54. The molecular weight excluding hydrogens is 272 g/mol. The third kappa shape index (κ3) is 3.57. The number of ether oxygens (including phenoxy) is 1. The lowest BCUT2D eigenvalue weighted by Gasteiger charge is -2.07. The number of nitro groups is 1. The zero-order valence-corrected chi connectivity index (χ0v) is 12.2. The molecule has 1 N–H and O–H groups in total. The van der Waals surface area contributed by atoms with Gasteiger partial charge in [0.2, 0.25) is 0 Å². The van der Waals surface area contributed by atoms with E-state index < -0.39 is 4.92 Å². The average molecular weight is 290 g/mol. The van der Waals surface area contributed by atoms with Crippen LogP contribution in [0.2, 0.25) is 0 Å². The summed E-state index contributed by atoms with van der Waals surface area (Å²) >= 11 is 0. The molecule has 0 aliphatic carbocycles. The van der Waals surface area contributed by atoms with Gasteiger partial charge in [0, 0.05) is 23.9 Å². The first kappa shape index (κ1) is 15.0. The minimum atomic E-state index is -0.427. The van der Waals surface area contributed by atoms with Crippen molar-refractivity contribution in [3.8, 4) is 5.75 Å². The molecule has 0 saturated heterocycles. The summed E-state index contributed by atoms with van der Waals surface area (Å²) in [6.45, 7) is 2.49. The minimum absolute atomic E-state index is 0.0142. The third-order valence-corrected chi connectivity index (χ3v) is 3.33. The standard InChI is InChI=1S/C14H18N4O3/c1-10(15-2)12-7-16-17(9-12)8-11-4-13(18(19)20)6-14(5-11)21-3/h4-7,9-10,15H,8H2,1-3H3. The number of nitro benzene ring substituents is 1. The van der Waals surface area contributed by atoms with E-state index in [1.165, 1.54) is 19.2 Å². The van der Waals surface area contributed by atoms with Crippen molar-refractivity contribution in [1.29, 1.82) is 0 Å². The van der Waals surface area contributed by atoms with Gasteiger partial charge in [0.15, 0.2) is 0 Å². The van der Waals surface area contributed by atoms with Gasteiger partial charge in [-0.15, -0.1) is 0 Å². The lowest BCUT2D eigenvalue weighted by atomic mass is 10.2. The number of rotatable bonds is 6. The number of aromatic nitrogens is 2. The van der Waals surface area contributed by atoms with Crippen LogP contribution in [0.3, 0.4) is 0 Å². The van der Waals surface area contributed by atoms with Crippen molar-refractivity contribution in [1.82, 2.24) is 15.1 Å². The van der Waals surface area contributed by atoms with Crippen molar-refractivity contribution in [2.24, 2.45) is 0 Å². The highest BCUT2D eigenvalue weighted by Gasteiger charge is 2.11. The molecule has 112 valence electrons. The van der Waals surface area contributed by atoms with Crippen LogP contribution in [0.25, 0.3) is 0 Å². The van der Waals surface area contributed by atoms with Gasteiger partial charge in [-0.3, -0.25) is 14.8 Å². The van der Waals surface area contributed by atoms with Crippen molar-refractivity contribution < 1.29 is 9.66 Å². The Labute approximate surface area is 122 Å². The van der Waals surface area contributed by atoms with Gasteiger partial charge in [-0.1, -0.05) is 0 Å². The Balaban J connectivity index is 2.24. The summed E-state index contributed by atoms with van der Waals surface area (Å²) in [4.78, 5) is 10.5. The molecular formula is C14H18N4O3. The third-order valence-electron chi connectivity index (χ3n) is 3.33. The van der Waals surface area contributed by atoms with Crippen LogP contribution in [-0.2, 0) is 6.54 Å². The second-order valence-electron chi connectivity index (χ2n) is 4.78. The largest absolute Gasteiger partial charge is 0.496 e. The Hall–Kier alpha value is -2.41. The predicted molar refractivity (Wildman–Crippen MR) is 78.5 cm³/mol. The van der Waals surface area contributed by atoms with Crippen molar-refractivity contribution in [2.45, 2.75) is 19.5 Å². The van der Waals surface area contributed by atoms with Gasteiger partial charge in [-0.25, -0.2) is 0 Å². The van der Waals surface area contributed by atoms with Gasteiger partial charge in [-0.05, 0) is 25.6 Å². The van der Waals surface area contributed by atoms with E-state index in [1.807, 2.05) is 20.2 Å². The molecule has 0 amide bonds. The lowest BCUT2D eigenvalue weighted by molar-refractivity contribution is -0.385. The van der Waals surface area contributed by atoms with Crippen LogP contribution in [0.1, 0.15) is 24.1 Å². The monoisotopic (exact) mass is 290 g/mol. The fourth-order valence-corrected chi connectivity index (χ4v) is 2.00. The van der Waals surface area contributed by atoms with E-state index in [1.54, 1.807) is 16.9 Å². The number of benzene rings is 1. The van der Waals surface area contributed by atoms with Gasteiger partial charge in [-0.2, -0.15) is 5.10 Å². The maximum Gasteiger partial charge on any atom is 0.273 e. The first-order chi connectivity index (χ1) is 10.0. The first-order valence-electron chi connectivity index (χ1n) is 6.55. The topological polar surface area (TPSA) is 82.2 Å². The number of nitrogens with one attached hydrogen (secondary N) is 1. The second-order valence-corrected chi connectivity index (χ2v) is 4.78. The van der Waals surface area contributed by atoms with Gasteiger partial charge < -0.3 is 10.1 Å². The molecule has 2 aromatic rings. The van der Waals surface area contributed by atoms with Crippen molar-refractivity contribution in [3.05, 3.63) is 51.8 Å².